The quantitative estimate of drug-likeness (QED) is 0.808. The molecule has 0 aromatic heterocycles. The lowest BCUT2D eigenvalue weighted by atomic mass is 9.99. The van der Waals surface area contributed by atoms with Crippen LogP contribution in [0.15, 0.2) is 18.2 Å². The molecule has 2 aliphatic rings. The van der Waals surface area contributed by atoms with Crippen molar-refractivity contribution in [1.82, 2.24) is 5.32 Å². The van der Waals surface area contributed by atoms with E-state index in [0.29, 0.717) is 0 Å². The Hall–Kier alpha value is -1.02. The summed E-state index contributed by atoms with van der Waals surface area (Å²) in [6.45, 7) is 3.35. The van der Waals surface area contributed by atoms with Crippen LogP contribution in [0.1, 0.15) is 30.4 Å². The lowest BCUT2D eigenvalue weighted by molar-refractivity contribution is 0.637. The van der Waals surface area contributed by atoms with Crippen LogP contribution in [0.5, 0.6) is 0 Å². The van der Waals surface area contributed by atoms with Gasteiger partial charge in [-0.2, -0.15) is 0 Å². The summed E-state index contributed by atoms with van der Waals surface area (Å²) < 4.78 is 0. The van der Waals surface area contributed by atoms with Gasteiger partial charge in [0, 0.05) is 18.8 Å². The monoisotopic (exact) mass is 216 g/mol. The number of fused-ring (bicyclic) bond motifs is 1. The highest BCUT2D eigenvalue weighted by Gasteiger charge is 2.20. The maximum Gasteiger partial charge on any atom is 0.0418 e. The number of hydrogen-bond donors (Lipinski definition) is 2. The smallest absolute Gasteiger partial charge is 0.0418 e. The SMILES string of the molecule is c1cc2c(c(CNCC3CC3)c1)NCCC2. The molecule has 86 valence electrons. The molecule has 2 heteroatoms. The Morgan fingerprint density at radius 2 is 2.25 bits per heavy atom. The third-order valence-corrected chi connectivity index (χ3v) is 3.61. The second kappa shape index (κ2) is 4.46. The number of para-hydroxylation sites is 1. The van der Waals surface area contributed by atoms with Crippen molar-refractivity contribution >= 4 is 5.69 Å². The van der Waals surface area contributed by atoms with E-state index in [4.69, 9.17) is 0 Å². The number of aryl methyl sites for hydroxylation is 1. The van der Waals surface area contributed by atoms with E-state index in [1.807, 2.05) is 0 Å². The van der Waals surface area contributed by atoms with Gasteiger partial charge in [0.05, 0.1) is 0 Å². The van der Waals surface area contributed by atoms with Gasteiger partial charge in [-0.15, -0.1) is 0 Å². The van der Waals surface area contributed by atoms with E-state index in [2.05, 4.69) is 28.8 Å². The fourth-order valence-electron chi connectivity index (χ4n) is 2.46. The van der Waals surface area contributed by atoms with E-state index in [1.165, 1.54) is 49.0 Å². The maximum atomic E-state index is 3.57. The Morgan fingerprint density at radius 3 is 3.12 bits per heavy atom. The first-order valence-electron chi connectivity index (χ1n) is 6.49. The van der Waals surface area contributed by atoms with Gasteiger partial charge in [0.25, 0.3) is 0 Å². The van der Waals surface area contributed by atoms with Crippen molar-refractivity contribution in [3.8, 4) is 0 Å². The summed E-state index contributed by atoms with van der Waals surface area (Å²) in [5.41, 5.74) is 4.34. The minimum Gasteiger partial charge on any atom is -0.385 e. The molecule has 1 aromatic carbocycles. The van der Waals surface area contributed by atoms with Crippen LogP contribution < -0.4 is 10.6 Å². The van der Waals surface area contributed by atoms with E-state index in [9.17, 15) is 0 Å². The Morgan fingerprint density at radius 1 is 1.31 bits per heavy atom. The first-order chi connectivity index (χ1) is 7.93. The van der Waals surface area contributed by atoms with Gasteiger partial charge in [-0.25, -0.2) is 0 Å². The lowest BCUT2D eigenvalue weighted by Crippen LogP contribution is -2.19. The van der Waals surface area contributed by atoms with Crippen molar-refractivity contribution in [1.29, 1.82) is 0 Å². The Labute approximate surface area is 97.4 Å². The molecule has 0 radical (unpaired) electrons. The van der Waals surface area contributed by atoms with Crippen molar-refractivity contribution in [2.45, 2.75) is 32.2 Å². The third kappa shape index (κ3) is 2.22. The second-order valence-corrected chi connectivity index (χ2v) is 5.06. The summed E-state index contributed by atoms with van der Waals surface area (Å²) in [7, 11) is 0. The molecule has 1 fully saturated rings. The van der Waals surface area contributed by atoms with E-state index in [0.717, 1.165) is 19.0 Å². The summed E-state index contributed by atoms with van der Waals surface area (Å²) in [5, 5.41) is 7.12. The normalized spacial score (nSPS) is 19.0. The third-order valence-electron chi connectivity index (χ3n) is 3.61. The topological polar surface area (TPSA) is 24.1 Å². The van der Waals surface area contributed by atoms with Crippen molar-refractivity contribution in [2.75, 3.05) is 18.4 Å². The van der Waals surface area contributed by atoms with Gasteiger partial charge in [-0.3, -0.25) is 0 Å². The molecule has 0 spiro atoms. The highest BCUT2D eigenvalue weighted by Crippen LogP contribution is 2.28. The van der Waals surface area contributed by atoms with Crippen molar-refractivity contribution in [2.24, 2.45) is 5.92 Å². The molecule has 1 aromatic rings. The minimum atomic E-state index is 0.965. The maximum absolute atomic E-state index is 3.57. The molecular weight excluding hydrogens is 196 g/mol. The molecular formula is C14H20N2. The molecule has 0 saturated heterocycles. The molecule has 1 saturated carbocycles. The summed E-state index contributed by atoms with van der Waals surface area (Å²) in [6.07, 6.45) is 5.36. The highest BCUT2D eigenvalue weighted by atomic mass is 14.9. The van der Waals surface area contributed by atoms with Crippen LogP contribution in [0.2, 0.25) is 0 Å². The Balaban J connectivity index is 1.67. The summed E-state index contributed by atoms with van der Waals surface area (Å²) in [6, 6.07) is 6.70. The van der Waals surface area contributed by atoms with Crippen LogP contribution in [-0.2, 0) is 13.0 Å². The van der Waals surface area contributed by atoms with Gasteiger partial charge in [-0.1, -0.05) is 18.2 Å². The van der Waals surface area contributed by atoms with E-state index >= 15 is 0 Å². The van der Waals surface area contributed by atoms with Crippen LogP contribution in [0.4, 0.5) is 5.69 Å². The largest absolute Gasteiger partial charge is 0.385 e. The number of benzene rings is 1. The van der Waals surface area contributed by atoms with Gasteiger partial charge in [0.1, 0.15) is 0 Å². The zero-order chi connectivity index (χ0) is 10.8. The summed E-state index contributed by atoms with van der Waals surface area (Å²) in [4.78, 5) is 0. The Bertz CT molecular complexity index is 369. The first kappa shape index (κ1) is 10.2. The highest BCUT2D eigenvalue weighted by molar-refractivity contribution is 5.59. The van der Waals surface area contributed by atoms with Crippen LogP contribution in [0.25, 0.3) is 0 Å². The molecule has 16 heavy (non-hydrogen) atoms. The molecule has 1 heterocycles. The molecule has 0 bridgehead atoms. The molecule has 0 unspecified atom stereocenters. The standard InChI is InChI=1S/C14H20N2/c1-3-12-5-2-8-16-14(12)13(4-1)10-15-9-11-6-7-11/h1,3-4,11,15-16H,2,5-10H2. The van der Waals surface area contributed by atoms with Gasteiger partial charge >= 0.3 is 0 Å². The van der Waals surface area contributed by atoms with Crippen molar-refractivity contribution in [3.05, 3.63) is 29.3 Å². The zero-order valence-corrected chi connectivity index (χ0v) is 9.76. The minimum absolute atomic E-state index is 0.965. The van der Waals surface area contributed by atoms with Crippen LogP contribution in [0.3, 0.4) is 0 Å². The molecule has 1 aliphatic carbocycles. The van der Waals surface area contributed by atoms with Gasteiger partial charge < -0.3 is 10.6 Å². The molecule has 1 aliphatic heterocycles. The predicted octanol–water partition coefficient (Wildman–Crippen LogP) is 2.54. The fourth-order valence-corrected chi connectivity index (χ4v) is 2.46. The first-order valence-corrected chi connectivity index (χ1v) is 6.49. The number of nitrogens with one attached hydrogen (secondary N) is 2. The van der Waals surface area contributed by atoms with Crippen molar-refractivity contribution < 1.29 is 0 Å². The second-order valence-electron chi connectivity index (χ2n) is 5.06. The van der Waals surface area contributed by atoms with E-state index in [1.54, 1.807) is 0 Å². The Kier molecular flexibility index (Phi) is 2.83. The average Bonchev–Trinajstić information content (AvgIpc) is 3.13. The number of hydrogen-bond acceptors (Lipinski definition) is 2. The number of anilines is 1. The van der Waals surface area contributed by atoms with Crippen molar-refractivity contribution in [3.63, 3.8) is 0 Å². The van der Waals surface area contributed by atoms with Gasteiger partial charge in [0.2, 0.25) is 0 Å². The average molecular weight is 216 g/mol. The number of rotatable bonds is 4. The fraction of sp³-hybridized carbons (Fsp3) is 0.571. The van der Waals surface area contributed by atoms with Gasteiger partial charge in [-0.05, 0) is 49.3 Å². The molecule has 2 nitrogen and oxygen atoms in total. The molecule has 3 rings (SSSR count). The van der Waals surface area contributed by atoms with Crippen LogP contribution in [0, 0.1) is 5.92 Å². The predicted molar refractivity (Wildman–Crippen MR) is 67.7 cm³/mol. The van der Waals surface area contributed by atoms with Gasteiger partial charge in [0.15, 0.2) is 0 Å². The summed E-state index contributed by atoms with van der Waals surface area (Å²) in [5.74, 6) is 0.965. The molecule has 2 N–H and O–H groups in total. The molecule has 0 atom stereocenters. The van der Waals surface area contributed by atoms with Crippen LogP contribution >= 0.6 is 0 Å². The van der Waals surface area contributed by atoms with Crippen LogP contribution in [-0.4, -0.2) is 13.1 Å². The van der Waals surface area contributed by atoms with E-state index < -0.39 is 0 Å². The van der Waals surface area contributed by atoms with E-state index in [-0.39, 0.29) is 0 Å². The molecule has 0 amide bonds. The lowest BCUT2D eigenvalue weighted by Gasteiger charge is -2.21. The summed E-state index contributed by atoms with van der Waals surface area (Å²) >= 11 is 0. The zero-order valence-electron chi connectivity index (χ0n) is 9.76.